The second-order valence-corrected chi connectivity index (χ2v) is 5.63. The van der Waals surface area contributed by atoms with Crippen LogP contribution in [0.4, 0.5) is 10.2 Å². The highest BCUT2D eigenvalue weighted by molar-refractivity contribution is 9.10. The Bertz CT molecular complexity index is 683. The van der Waals surface area contributed by atoms with Crippen LogP contribution in [0.2, 0.25) is 0 Å². The van der Waals surface area contributed by atoms with Gasteiger partial charge in [0.05, 0.1) is 6.54 Å². The zero-order valence-corrected chi connectivity index (χ0v) is 12.9. The van der Waals surface area contributed by atoms with Crippen molar-refractivity contribution < 1.29 is 4.39 Å². The molecule has 5 heteroatoms. The van der Waals surface area contributed by atoms with Gasteiger partial charge in [-0.05, 0) is 34.1 Å². The van der Waals surface area contributed by atoms with Crippen molar-refractivity contribution >= 4 is 21.7 Å². The number of hydrogen-bond acceptors (Lipinski definition) is 2. The summed E-state index contributed by atoms with van der Waals surface area (Å²) < 4.78 is 15.6. The molecular formula is C15H15BrFN3. The molecule has 1 heterocycles. The zero-order chi connectivity index (χ0) is 14.9. The van der Waals surface area contributed by atoms with Crippen LogP contribution in [0, 0.1) is 18.2 Å². The van der Waals surface area contributed by atoms with Crippen molar-refractivity contribution in [1.82, 2.24) is 9.55 Å². The summed E-state index contributed by atoms with van der Waals surface area (Å²) in [6.07, 6.45) is 5.38. The molecule has 0 amide bonds. The van der Waals surface area contributed by atoms with Gasteiger partial charge >= 0.3 is 0 Å². The first-order valence-corrected chi connectivity index (χ1v) is 6.99. The van der Waals surface area contributed by atoms with Crippen molar-refractivity contribution in [3.63, 3.8) is 0 Å². The Morgan fingerprint density at radius 1 is 1.50 bits per heavy atom. The van der Waals surface area contributed by atoms with Gasteiger partial charge in [0.15, 0.2) is 0 Å². The topological polar surface area (TPSA) is 43.8 Å². The van der Waals surface area contributed by atoms with E-state index in [9.17, 15) is 4.39 Å². The summed E-state index contributed by atoms with van der Waals surface area (Å²) in [5, 5.41) is 0. The van der Waals surface area contributed by atoms with Crippen LogP contribution in [0.1, 0.15) is 25.6 Å². The van der Waals surface area contributed by atoms with E-state index in [0.29, 0.717) is 22.5 Å². The predicted molar refractivity (Wildman–Crippen MR) is 82.7 cm³/mol. The van der Waals surface area contributed by atoms with Gasteiger partial charge in [-0.2, -0.15) is 0 Å². The summed E-state index contributed by atoms with van der Waals surface area (Å²) in [5.41, 5.74) is 7.53. The van der Waals surface area contributed by atoms with E-state index in [2.05, 4.69) is 26.8 Å². The minimum absolute atomic E-state index is 0.193. The highest BCUT2D eigenvalue weighted by Gasteiger charge is 2.19. The monoisotopic (exact) mass is 335 g/mol. The molecule has 0 saturated heterocycles. The molecular weight excluding hydrogens is 321 g/mol. The number of rotatable bonds is 3. The number of imidazole rings is 1. The summed E-state index contributed by atoms with van der Waals surface area (Å²) in [5.74, 6) is 3.78. The van der Waals surface area contributed by atoms with E-state index < -0.39 is 0 Å². The van der Waals surface area contributed by atoms with Crippen molar-refractivity contribution in [3.8, 4) is 23.6 Å². The van der Waals surface area contributed by atoms with Crippen molar-refractivity contribution in [2.75, 3.05) is 5.73 Å². The molecule has 0 bridgehead atoms. The van der Waals surface area contributed by atoms with E-state index in [0.717, 1.165) is 11.4 Å². The lowest BCUT2D eigenvalue weighted by Crippen LogP contribution is -2.07. The van der Waals surface area contributed by atoms with Gasteiger partial charge in [-0.15, -0.1) is 6.42 Å². The first kappa shape index (κ1) is 14.6. The van der Waals surface area contributed by atoms with Crippen LogP contribution in [0.15, 0.2) is 22.7 Å². The molecule has 20 heavy (non-hydrogen) atoms. The number of anilines is 1. The van der Waals surface area contributed by atoms with E-state index in [4.69, 9.17) is 12.2 Å². The first-order chi connectivity index (χ1) is 9.45. The highest BCUT2D eigenvalue weighted by atomic mass is 79.9. The summed E-state index contributed by atoms with van der Waals surface area (Å²) >= 11 is 3.34. The maximum Gasteiger partial charge on any atom is 0.132 e. The summed E-state index contributed by atoms with van der Waals surface area (Å²) in [4.78, 5) is 4.58. The Kier molecular flexibility index (Phi) is 4.15. The Labute approximate surface area is 126 Å². The summed E-state index contributed by atoms with van der Waals surface area (Å²) in [6.45, 7) is 4.42. The Balaban J connectivity index is 2.63. The zero-order valence-electron chi connectivity index (χ0n) is 11.3. The quantitative estimate of drug-likeness (QED) is 0.867. The second kappa shape index (κ2) is 5.68. The number of hydrogen-bond donors (Lipinski definition) is 1. The minimum Gasteiger partial charge on any atom is -0.383 e. The van der Waals surface area contributed by atoms with Crippen LogP contribution in [-0.4, -0.2) is 9.55 Å². The van der Waals surface area contributed by atoms with Crippen molar-refractivity contribution in [1.29, 1.82) is 0 Å². The molecule has 0 radical (unpaired) electrons. The van der Waals surface area contributed by atoms with Crippen LogP contribution in [0.25, 0.3) is 11.3 Å². The molecule has 0 aliphatic carbocycles. The van der Waals surface area contributed by atoms with Crippen LogP contribution < -0.4 is 5.73 Å². The molecule has 1 aromatic carbocycles. The normalized spacial score (nSPS) is 10.8. The third kappa shape index (κ3) is 2.56. The standard InChI is InChI=1S/C15H15BrFN3/c1-4-7-20-14(18)13(19-15(20)9(2)3)11-6-5-10(17)8-12(11)16/h1,5-6,8-9H,7,18H2,2-3H3. The number of benzene rings is 1. The Morgan fingerprint density at radius 2 is 2.20 bits per heavy atom. The number of aromatic nitrogens is 2. The molecule has 0 spiro atoms. The predicted octanol–water partition coefficient (Wildman–Crippen LogP) is 3.79. The second-order valence-electron chi connectivity index (χ2n) is 4.77. The largest absolute Gasteiger partial charge is 0.383 e. The maximum absolute atomic E-state index is 13.2. The van der Waals surface area contributed by atoms with Gasteiger partial charge in [0.2, 0.25) is 0 Å². The lowest BCUT2D eigenvalue weighted by atomic mass is 10.1. The Hall–Kier alpha value is -1.80. The van der Waals surface area contributed by atoms with Gasteiger partial charge < -0.3 is 10.3 Å². The Morgan fingerprint density at radius 3 is 2.75 bits per heavy atom. The van der Waals surface area contributed by atoms with Crippen LogP contribution in [0.3, 0.4) is 0 Å². The minimum atomic E-state index is -0.314. The number of halogens is 2. The highest BCUT2D eigenvalue weighted by Crippen LogP contribution is 2.34. The SMILES string of the molecule is C#CCn1c(C(C)C)nc(-c2ccc(F)cc2Br)c1N. The molecule has 0 aliphatic rings. The molecule has 1 aromatic heterocycles. The first-order valence-electron chi connectivity index (χ1n) is 6.20. The van der Waals surface area contributed by atoms with Gasteiger partial charge in [-0.25, -0.2) is 9.37 Å². The van der Waals surface area contributed by atoms with Crippen LogP contribution >= 0.6 is 15.9 Å². The van der Waals surface area contributed by atoms with Gasteiger partial charge in [0.1, 0.15) is 23.2 Å². The van der Waals surface area contributed by atoms with E-state index in [1.807, 2.05) is 18.4 Å². The lowest BCUT2D eigenvalue weighted by Gasteiger charge is -2.08. The molecule has 0 aliphatic heterocycles. The van der Waals surface area contributed by atoms with E-state index in [-0.39, 0.29) is 11.7 Å². The fourth-order valence-electron chi connectivity index (χ4n) is 2.06. The van der Waals surface area contributed by atoms with Crippen LogP contribution in [-0.2, 0) is 6.54 Å². The number of nitrogens with two attached hydrogens (primary N) is 1. The maximum atomic E-state index is 13.2. The molecule has 2 N–H and O–H groups in total. The molecule has 2 rings (SSSR count). The third-order valence-electron chi connectivity index (χ3n) is 2.99. The summed E-state index contributed by atoms with van der Waals surface area (Å²) in [6, 6.07) is 4.43. The van der Waals surface area contributed by atoms with E-state index in [1.165, 1.54) is 12.1 Å². The molecule has 2 aromatic rings. The van der Waals surface area contributed by atoms with Crippen molar-refractivity contribution in [3.05, 3.63) is 34.3 Å². The van der Waals surface area contributed by atoms with E-state index >= 15 is 0 Å². The van der Waals surface area contributed by atoms with Gasteiger partial charge in [0.25, 0.3) is 0 Å². The molecule has 3 nitrogen and oxygen atoms in total. The lowest BCUT2D eigenvalue weighted by molar-refractivity contribution is 0.627. The molecule has 0 atom stereocenters. The fraction of sp³-hybridized carbons (Fsp3) is 0.267. The fourth-order valence-corrected chi connectivity index (χ4v) is 2.60. The van der Waals surface area contributed by atoms with Gasteiger partial charge in [-0.1, -0.05) is 19.8 Å². The van der Waals surface area contributed by atoms with Crippen molar-refractivity contribution in [2.45, 2.75) is 26.3 Å². The molecule has 0 unspecified atom stereocenters. The molecule has 0 saturated carbocycles. The number of nitrogen functional groups attached to an aromatic ring is 1. The average Bonchev–Trinajstić information content (AvgIpc) is 2.68. The van der Waals surface area contributed by atoms with Gasteiger partial charge in [0, 0.05) is 16.0 Å². The average molecular weight is 336 g/mol. The number of terminal acetylenes is 1. The van der Waals surface area contributed by atoms with E-state index in [1.54, 1.807) is 6.07 Å². The van der Waals surface area contributed by atoms with Gasteiger partial charge in [-0.3, -0.25) is 0 Å². The smallest absolute Gasteiger partial charge is 0.132 e. The molecule has 0 fully saturated rings. The summed E-state index contributed by atoms with van der Waals surface area (Å²) in [7, 11) is 0. The van der Waals surface area contributed by atoms with Crippen molar-refractivity contribution in [2.24, 2.45) is 0 Å². The number of nitrogens with zero attached hydrogens (tertiary/aromatic N) is 2. The van der Waals surface area contributed by atoms with Crippen LogP contribution in [0.5, 0.6) is 0 Å². The third-order valence-corrected chi connectivity index (χ3v) is 3.64. The molecule has 104 valence electrons.